The molecule has 1 amide bonds. The van der Waals surface area contributed by atoms with Gasteiger partial charge in [-0.15, -0.1) is 0 Å². The number of sulfonamides is 1. The summed E-state index contributed by atoms with van der Waals surface area (Å²) < 4.78 is 38.5. The topological polar surface area (TPSA) is 79.4 Å². The molecule has 0 N–H and O–H groups in total. The van der Waals surface area contributed by atoms with Gasteiger partial charge in [0, 0.05) is 50.5 Å². The van der Waals surface area contributed by atoms with Crippen molar-refractivity contribution in [1.29, 1.82) is 0 Å². The minimum absolute atomic E-state index is 0.0749. The average Bonchev–Trinajstić information content (AvgIpc) is 3.09. The van der Waals surface area contributed by atoms with Gasteiger partial charge >= 0.3 is 0 Å². The molecule has 2 saturated heterocycles. The predicted molar refractivity (Wildman–Crippen MR) is 131 cm³/mol. The highest BCUT2D eigenvalue weighted by Crippen LogP contribution is 2.23. The number of anilines is 1. The Hall–Kier alpha value is -2.62. The summed E-state index contributed by atoms with van der Waals surface area (Å²) in [5.74, 6) is 0.743. The van der Waals surface area contributed by atoms with E-state index in [0.29, 0.717) is 31.7 Å². The van der Waals surface area contributed by atoms with E-state index < -0.39 is 10.0 Å². The smallest absolute Gasteiger partial charge is 0.253 e. The molecule has 0 saturated carbocycles. The maximum Gasteiger partial charge on any atom is 0.253 e. The normalized spacial score (nSPS) is 22.3. The van der Waals surface area contributed by atoms with Crippen molar-refractivity contribution < 1.29 is 22.7 Å². The van der Waals surface area contributed by atoms with E-state index in [2.05, 4.69) is 4.90 Å². The molecule has 2 aliphatic rings. The van der Waals surface area contributed by atoms with Gasteiger partial charge in [-0.1, -0.05) is 0 Å². The van der Waals surface area contributed by atoms with Crippen LogP contribution >= 0.6 is 0 Å². The van der Waals surface area contributed by atoms with Gasteiger partial charge in [0.05, 0.1) is 24.2 Å². The number of hydrogen-bond acceptors (Lipinski definition) is 6. The van der Waals surface area contributed by atoms with Crippen molar-refractivity contribution >= 4 is 21.6 Å². The van der Waals surface area contributed by atoms with Crippen molar-refractivity contribution in [1.82, 2.24) is 9.21 Å². The third kappa shape index (κ3) is 5.37. The fourth-order valence-corrected chi connectivity index (χ4v) is 6.19. The second-order valence-corrected chi connectivity index (χ2v) is 10.9. The van der Waals surface area contributed by atoms with E-state index in [4.69, 9.17) is 9.47 Å². The minimum Gasteiger partial charge on any atom is -0.497 e. The first-order valence-electron chi connectivity index (χ1n) is 11.7. The van der Waals surface area contributed by atoms with Crippen LogP contribution in [0.5, 0.6) is 5.75 Å². The SMILES string of the molecule is COc1ccc(N2CCCN(C(=O)c3ccc(S(=O)(=O)N4CC(C)OC(C)C4)cc3)CC2)cc1. The molecular formula is C25H33N3O5S. The highest BCUT2D eigenvalue weighted by atomic mass is 32.2. The molecule has 2 heterocycles. The van der Waals surface area contributed by atoms with E-state index >= 15 is 0 Å². The van der Waals surface area contributed by atoms with Crippen molar-refractivity contribution in [2.45, 2.75) is 37.4 Å². The van der Waals surface area contributed by atoms with Crippen LogP contribution in [0.3, 0.4) is 0 Å². The molecule has 2 aliphatic heterocycles. The molecule has 0 bridgehead atoms. The van der Waals surface area contributed by atoms with Gasteiger partial charge in [0.1, 0.15) is 5.75 Å². The number of hydrogen-bond donors (Lipinski definition) is 0. The van der Waals surface area contributed by atoms with Gasteiger partial charge in [0.15, 0.2) is 0 Å². The van der Waals surface area contributed by atoms with E-state index in [1.165, 1.54) is 16.4 Å². The summed E-state index contributed by atoms with van der Waals surface area (Å²) in [6.07, 6.45) is 0.553. The monoisotopic (exact) mass is 487 g/mol. The molecule has 4 rings (SSSR count). The van der Waals surface area contributed by atoms with Crippen LogP contribution in [-0.4, -0.2) is 82.1 Å². The van der Waals surface area contributed by atoms with E-state index in [1.807, 2.05) is 43.0 Å². The standard InChI is InChI=1S/C25H33N3O5S/c1-19-17-28(18-20(2)33-19)34(30,31)24-11-5-21(6-12-24)25(29)27-14-4-13-26(15-16-27)22-7-9-23(32-3)10-8-22/h5-12,19-20H,4,13-18H2,1-3H3. The third-order valence-electron chi connectivity index (χ3n) is 6.35. The first-order valence-corrected chi connectivity index (χ1v) is 13.2. The zero-order valence-corrected chi connectivity index (χ0v) is 20.8. The van der Waals surface area contributed by atoms with Gasteiger partial charge in [-0.05, 0) is 68.8 Å². The Morgan fingerprint density at radius 2 is 1.56 bits per heavy atom. The first kappa shape index (κ1) is 24.5. The van der Waals surface area contributed by atoms with E-state index in [0.717, 1.165) is 30.9 Å². The number of carbonyl (C=O) groups excluding carboxylic acids is 1. The van der Waals surface area contributed by atoms with Crippen molar-refractivity contribution in [2.75, 3.05) is 51.3 Å². The second kappa shape index (κ2) is 10.3. The Morgan fingerprint density at radius 3 is 2.18 bits per heavy atom. The summed E-state index contributed by atoms with van der Waals surface area (Å²) in [6.45, 7) is 7.26. The third-order valence-corrected chi connectivity index (χ3v) is 8.19. The van der Waals surface area contributed by atoms with Gasteiger partial charge in [-0.3, -0.25) is 4.79 Å². The fourth-order valence-electron chi connectivity index (χ4n) is 4.60. The van der Waals surface area contributed by atoms with Crippen LogP contribution in [0.4, 0.5) is 5.69 Å². The van der Waals surface area contributed by atoms with Gasteiger partial charge < -0.3 is 19.3 Å². The zero-order valence-electron chi connectivity index (χ0n) is 20.0. The first-order chi connectivity index (χ1) is 16.3. The molecule has 8 nitrogen and oxygen atoms in total. The summed E-state index contributed by atoms with van der Waals surface area (Å²) >= 11 is 0. The molecule has 0 radical (unpaired) electrons. The number of rotatable bonds is 5. The van der Waals surface area contributed by atoms with E-state index in [1.54, 1.807) is 19.2 Å². The van der Waals surface area contributed by atoms with Gasteiger partial charge in [0.2, 0.25) is 10.0 Å². The van der Waals surface area contributed by atoms with Crippen LogP contribution in [0.25, 0.3) is 0 Å². The number of amides is 1. The number of carbonyl (C=O) groups is 1. The number of morpholine rings is 1. The molecule has 2 aromatic rings. The summed E-state index contributed by atoms with van der Waals surface area (Å²) in [4.78, 5) is 17.5. The van der Waals surface area contributed by atoms with Crippen molar-refractivity contribution in [3.63, 3.8) is 0 Å². The minimum atomic E-state index is -3.63. The molecule has 2 aromatic carbocycles. The molecule has 2 atom stereocenters. The van der Waals surface area contributed by atoms with Crippen molar-refractivity contribution in [3.05, 3.63) is 54.1 Å². The highest BCUT2D eigenvalue weighted by molar-refractivity contribution is 7.89. The van der Waals surface area contributed by atoms with E-state index in [-0.39, 0.29) is 23.0 Å². The summed E-state index contributed by atoms with van der Waals surface area (Å²) in [6, 6.07) is 14.3. The lowest BCUT2D eigenvalue weighted by Crippen LogP contribution is -2.48. The Balaban J connectivity index is 1.41. The molecule has 9 heteroatoms. The molecule has 0 spiro atoms. The van der Waals surface area contributed by atoms with Gasteiger partial charge in [-0.2, -0.15) is 4.31 Å². The lowest BCUT2D eigenvalue weighted by atomic mass is 10.2. The van der Waals surface area contributed by atoms with Crippen LogP contribution in [0, 0.1) is 0 Å². The second-order valence-electron chi connectivity index (χ2n) is 8.93. The quantitative estimate of drug-likeness (QED) is 0.645. The lowest BCUT2D eigenvalue weighted by Gasteiger charge is -2.34. The number of benzene rings is 2. The highest BCUT2D eigenvalue weighted by Gasteiger charge is 2.32. The average molecular weight is 488 g/mol. The van der Waals surface area contributed by atoms with Gasteiger partial charge in [0.25, 0.3) is 5.91 Å². The Labute approximate surface area is 202 Å². The molecule has 0 aliphatic carbocycles. The molecule has 2 unspecified atom stereocenters. The van der Waals surface area contributed by atoms with E-state index in [9.17, 15) is 13.2 Å². The van der Waals surface area contributed by atoms with Crippen LogP contribution in [0.15, 0.2) is 53.4 Å². The lowest BCUT2D eigenvalue weighted by molar-refractivity contribution is -0.0440. The molecule has 0 aromatic heterocycles. The summed E-state index contributed by atoms with van der Waals surface area (Å²) in [5.41, 5.74) is 1.61. The maximum absolute atomic E-state index is 13.1. The predicted octanol–water partition coefficient (Wildman–Crippen LogP) is 2.85. The Bertz CT molecular complexity index is 1080. The zero-order chi connectivity index (χ0) is 24.3. The Morgan fingerprint density at radius 1 is 0.912 bits per heavy atom. The maximum atomic E-state index is 13.1. The number of nitrogens with zero attached hydrogens (tertiary/aromatic N) is 3. The van der Waals surface area contributed by atoms with Crippen LogP contribution < -0.4 is 9.64 Å². The molecule has 34 heavy (non-hydrogen) atoms. The van der Waals surface area contributed by atoms with Crippen LogP contribution in [0.2, 0.25) is 0 Å². The van der Waals surface area contributed by atoms with Crippen LogP contribution in [-0.2, 0) is 14.8 Å². The summed E-state index contributed by atoms with van der Waals surface area (Å²) in [5, 5.41) is 0. The Kier molecular flexibility index (Phi) is 7.45. The van der Waals surface area contributed by atoms with Crippen molar-refractivity contribution in [2.24, 2.45) is 0 Å². The molecule has 184 valence electrons. The molecule has 2 fully saturated rings. The number of ether oxygens (including phenoxy) is 2. The summed E-state index contributed by atoms with van der Waals surface area (Å²) in [7, 11) is -1.98. The van der Waals surface area contributed by atoms with Gasteiger partial charge in [-0.25, -0.2) is 8.42 Å². The largest absolute Gasteiger partial charge is 0.497 e. The van der Waals surface area contributed by atoms with Crippen molar-refractivity contribution in [3.8, 4) is 5.75 Å². The van der Waals surface area contributed by atoms with Crippen LogP contribution in [0.1, 0.15) is 30.6 Å². The number of methoxy groups -OCH3 is 1. The molecular weight excluding hydrogens is 454 g/mol. The fraction of sp³-hybridized carbons (Fsp3) is 0.480.